The van der Waals surface area contributed by atoms with Crippen LogP contribution in [0.25, 0.3) is 0 Å². The molecule has 0 aliphatic heterocycles. The Morgan fingerprint density at radius 3 is 2.44 bits per heavy atom. The molecule has 0 aliphatic rings. The van der Waals surface area contributed by atoms with Crippen LogP contribution in [-0.2, 0) is 16.1 Å². The lowest BCUT2D eigenvalue weighted by Crippen LogP contribution is -2.34. The van der Waals surface area contributed by atoms with Crippen LogP contribution in [0.3, 0.4) is 0 Å². The Labute approximate surface area is 96.5 Å². The summed E-state index contributed by atoms with van der Waals surface area (Å²) in [5, 5.41) is 0. The molecule has 16 heavy (non-hydrogen) atoms. The van der Waals surface area contributed by atoms with E-state index in [1.165, 1.54) is 5.56 Å². The van der Waals surface area contributed by atoms with Gasteiger partial charge in [-0.2, -0.15) is 0 Å². The van der Waals surface area contributed by atoms with Crippen LogP contribution in [0, 0.1) is 0 Å². The molecule has 1 aromatic rings. The van der Waals surface area contributed by atoms with E-state index >= 15 is 0 Å². The lowest BCUT2D eigenvalue weighted by atomic mass is 10.2. The molecule has 1 unspecified atom stereocenters. The van der Waals surface area contributed by atoms with Gasteiger partial charge in [0, 0.05) is 12.6 Å². The first kappa shape index (κ1) is 13.1. The molecule has 0 spiro atoms. The van der Waals surface area contributed by atoms with Gasteiger partial charge in [0.05, 0.1) is 26.4 Å². The van der Waals surface area contributed by atoms with Crippen molar-refractivity contribution < 1.29 is 9.47 Å². The maximum atomic E-state index is 5.59. The van der Waals surface area contributed by atoms with Gasteiger partial charge >= 0.3 is 0 Å². The number of benzene rings is 1. The molecular weight excluding hydrogens is 204 g/mol. The van der Waals surface area contributed by atoms with E-state index in [1.54, 1.807) is 0 Å². The number of nitrogens with two attached hydrogens (primary N) is 2. The highest BCUT2D eigenvalue weighted by Gasteiger charge is 1.98. The van der Waals surface area contributed by atoms with Crippen molar-refractivity contribution in [1.82, 2.24) is 0 Å². The highest BCUT2D eigenvalue weighted by Crippen LogP contribution is 1.99. The zero-order chi connectivity index (χ0) is 11.6. The van der Waals surface area contributed by atoms with E-state index in [9.17, 15) is 0 Å². The first-order valence-corrected chi connectivity index (χ1v) is 5.48. The second-order valence-corrected chi connectivity index (χ2v) is 3.61. The average molecular weight is 224 g/mol. The summed E-state index contributed by atoms with van der Waals surface area (Å²) in [6.07, 6.45) is 0. The summed E-state index contributed by atoms with van der Waals surface area (Å²) in [6, 6.07) is 9.97. The van der Waals surface area contributed by atoms with Gasteiger partial charge < -0.3 is 20.9 Å². The topological polar surface area (TPSA) is 70.5 Å². The minimum absolute atomic E-state index is 0.0749. The molecule has 1 aromatic carbocycles. The van der Waals surface area contributed by atoms with Crippen LogP contribution in [0.4, 0.5) is 0 Å². The summed E-state index contributed by atoms with van der Waals surface area (Å²) in [7, 11) is 0. The Kier molecular flexibility index (Phi) is 6.76. The van der Waals surface area contributed by atoms with Crippen molar-refractivity contribution >= 4 is 0 Å². The lowest BCUT2D eigenvalue weighted by molar-refractivity contribution is 0.0366. The maximum absolute atomic E-state index is 5.59. The van der Waals surface area contributed by atoms with Crippen molar-refractivity contribution in [1.29, 1.82) is 0 Å². The van der Waals surface area contributed by atoms with E-state index in [0.29, 0.717) is 33.0 Å². The van der Waals surface area contributed by atoms with E-state index in [0.717, 1.165) is 0 Å². The van der Waals surface area contributed by atoms with Gasteiger partial charge in [-0.3, -0.25) is 0 Å². The summed E-state index contributed by atoms with van der Waals surface area (Å²) in [5.41, 5.74) is 12.1. The van der Waals surface area contributed by atoms with E-state index in [-0.39, 0.29) is 6.04 Å². The fourth-order valence-electron chi connectivity index (χ4n) is 1.18. The lowest BCUT2D eigenvalue weighted by Gasteiger charge is -2.09. The van der Waals surface area contributed by atoms with Crippen molar-refractivity contribution in [2.45, 2.75) is 12.6 Å². The number of hydrogen-bond donors (Lipinski definition) is 2. The fourth-order valence-corrected chi connectivity index (χ4v) is 1.18. The molecule has 1 atom stereocenters. The average Bonchev–Trinajstić information content (AvgIpc) is 2.34. The maximum Gasteiger partial charge on any atom is 0.0718 e. The standard InChI is InChI=1S/C12H20N2O2/c13-8-12(14)10-16-7-6-15-9-11-4-2-1-3-5-11/h1-5,12H,6-10,13-14H2. The summed E-state index contributed by atoms with van der Waals surface area (Å²) >= 11 is 0. The van der Waals surface area contributed by atoms with E-state index in [4.69, 9.17) is 20.9 Å². The predicted molar refractivity (Wildman–Crippen MR) is 63.9 cm³/mol. The largest absolute Gasteiger partial charge is 0.377 e. The predicted octanol–water partition coefficient (Wildman–Crippen LogP) is 0.506. The Morgan fingerprint density at radius 2 is 1.75 bits per heavy atom. The van der Waals surface area contributed by atoms with Gasteiger partial charge in [-0.15, -0.1) is 0 Å². The van der Waals surface area contributed by atoms with E-state index in [1.807, 2.05) is 30.3 Å². The Morgan fingerprint density at radius 1 is 1.06 bits per heavy atom. The SMILES string of the molecule is NCC(N)COCCOCc1ccccc1. The molecule has 0 radical (unpaired) electrons. The zero-order valence-corrected chi connectivity index (χ0v) is 9.47. The van der Waals surface area contributed by atoms with Crippen LogP contribution in [0.2, 0.25) is 0 Å². The summed E-state index contributed by atoms with van der Waals surface area (Å²) < 4.78 is 10.7. The van der Waals surface area contributed by atoms with Crippen LogP contribution in [0.1, 0.15) is 5.56 Å². The van der Waals surface area contributed by atoms with Crippen molar-refractivity contribution in [3.63, 3.8) is 0 Å². The molecule has 4 nitrogen and oxygen atoms in total. The van der Waals surface area contributed by atoms with Crippen LogP contribution in [0.5, 0.6) is 0 Å². The third-order valence-corrected chi connectivity index (χ3v) is 2.12. The van der Waals surface area contributed by atoms with Crippen LogP contribution in [-0.4, -0.2) is 32.4 Å². The molecule has 0 heterocycles. The summed E-state index contributed by atoms with van der Waals surface area (Å²) in [6.45, 7) is 2.69. The second-order valence-electron chi connectivity index (χ2n) is 3.61. The molecule has 90 valence electrons. The minimum Gasteiger partial charge on any atom is -0.377 e. The molecule has 1 rings (SSSR count). The third kappa shape index (κ3) is 5.82. The second kappa shape index (κ2) is 8.24. The summed E-state index contributed by atoms with van der Waals surface area (Å²) in [4.78, 5) is 0. The van der Waals surface area contributed by atoms with Crippen molar-refractivity contribution in [3.8, 4) is 0 Å². The van der Waals surface area contributed by atoms with Gasteiger partial charge in [0.25, 0.3) is 0 Å². The Hall–Kier alpha value is -0.940. The minimum atomic E-state index is -0.0749. The molecule has 0 saturated heterocycles. The fraction of sp³-hybridized carbons (Fsp3) is 0.500. The van der Waals surface area contributed by atoms with Crippen molar-refractivity contribution in [2.24, 2.45) is 11.5 Å². The Bertz CT molecular complexity index is 267. The van der Waals surface area contributed by atoms with E-state index in [2.05, 4.69) is 0 Å². The number of rotatable bonds is 8. The van der Waals surface area contributed by atoms with Gasteiger partial charge in [-0.25, -0.2) is 0 Å². The quantitative estimate of drug-likeness (QED) is 0.631. The Balaban J connectivity index is 1.96. The van der Waals surface area contributed by atoms with Gasteiger partial charge in [0.2, 0.25) is 0 Å². The zero-order valence-electron chi connectivity index (χ0n) is 9.47. The van der Waals surface area contributed by atoms with Crippen molar-refractivity contribution in [2.75, 3.05) is 26.4 Å². The normalized spacial score (nSPS) is 12.6. The van der Waals surface area contributed by atoms with Crippen LogP contribution >= 0.6 is 0 Å². The first-order chi connectivity index (χ1) is 7.83. The van der Waals surface area contributed by atoms with Gasteiger partial charge in [0.15, 0.2) is 0 Å². The van der Waals surface area contributed by atoms with Gasteiger partial charge in [-0.05, 0) is 5.56 Å². The number of hydrogen-bond acceptors (Lipinski definition) is 4. The van der Waals surface area contributed by atoms with E-state index < -0.39 is 0 Å². The molecule has 0 fully saturated rings. The van der Waals surface area contributed by atoms with Crippen LogP contribution in [0.15, 0.2) is 30.3 Å². The molecule has 0 aliphatic carbocycles. The smallest absolute Gasteiger partial charge is 0.0718 e. The molecule has 0 saturated carbocycles. The molecule has 0 amide bonds. The highest BCUT2D eigenvalue weighted by atomic mass is 16.5. The number of ether oxygens (including phenoxy) is 2. The highest BCUT2D eigenvalue weighted by molar-refractivity contribution is 5.13. The monoisotopic (exact) mass is 224 g/mol. The van der Waals surface area contributed by atoms with Crippen molar-refractivity contribution in [3.05, 3.63) is 35.9 Å². The molecule has 0 bridgehead atoms. The molecule has 4 N–H and O–H groups in total. The third-order valence-electron chi connectivity index (χ3n) is 2.12. The first-order valence-electron chi connectivity index (χ1n) is 5.48. The summed E-state index contributed by atoms with van der Waals surface area (Å²) in [5.74, 6) is 0. The van der Waals surface area contributed by atoms with Crippen LogP contribution < -0.4 is 11.5 Å². The molecule has 0 aromatic heterocycles. The molecule has 4 heteroatoms. The van der Waals surface area contributed by atoms with Gasteiger partial charge in [0.1, 0.15) is 0 Å². The molecular formula is C12H20N2O2. The van der Waals surface area contributed by atoms with Gasteiger partial charge in [-0.1, -0.05) is 30.3 Å².